The summed E-state index contributed by atoms with van der Waals surface area (Å²) >= 11 is 3.21. The Bertz CT molecular complexity index is 954. The van der Waals surface area contributed by atoms with Gasteiger partial charge in [-0.25, -0.2) is 4.79 Å². The molecule has 0 heterocycles. The van der Waals surface area contributed by atoms with Crippen LogP contribution in [0.2, 0.25) is 0 Å². The number of carbonyl (C=O) groups excluding carboxylic acids is 1. The summed E-state index contributed by atoms with van der Waals surface area (Å²) in [5.74, 6) is -0.781. The van der Waals surface area contributed by atoms with Gasteiger partial charge in [0.2, 0.25) is 0 Å². The summed E-state index contributed by atoms with van der Waals surface area (Å²) in [5.41, 5.74) is -0.954. The molecule has 2 saturated carbocycles. The van der Waals surface area contributed by atoms with Crippen molar-refractivity contribution in [1.29, 1.82) is 0 Å². The number of aliphatic hydroxyl groups excluding tert-OH is 1. The Labute approximate surface area is 184 Å². The first-order valence-electron chi connectivity index (χ1n) is 10.3. The van der Waals surface area contributed by atoms with Crippen molar-refractivity contribution < 1.29 is 30.0 Å². The second-order valence-electron chi connectivity index (χ2n) is 10.2. The van der Waals surface area contributed by atoms with Crippen molar-refractivity contribution in [2.24, 2.45) is 22.7 Å². The molecule has 0 radical (unpaired) electrons. The van der Waals surface area contributed by atoms with Gasteiger partial charge in [-0.2, -0.15) is 0 Å². The molecule has 164 valence electrons. The van der Waals surface area contributed by atoms with Crippen LogP contribution in [-0.4, -0.2) is 44.7 Å². The maximum absolute atomic E-state index is 12.9. The van der Waals surface area contributed by atoms with Crippen molar-refractivity contribution in [3.8, 4) is 11.5 Å². The summed E-state index contributed by atoms with van der Waals surface area (Å²) in [7, 11) is 0. The van der Waals surface area contributed by atoms with E-state index in [1.807, 2.05) is 13.0 Å². The fourth-order valence-electron chi connectivity index (χ4n) is 6.31. The van der Waals surface area contributed by atoms with E-state index in [-0.39, 0.29) is 35.0 Å². The van der Waals surface area contributed by atoms with Gasteiger partial charge in [0.15, 0.2) is 0 Å². The summed E-state index contributed by atoms with van der Waals surface area (Å²) in [4.78, 5) is 12.9. The van der Waals surface area contributed by atoms with Gasteiger partial charge in [-0.15, -0.1) is 0 Å². The maximum Gasteiger partial charge on any atom is 0.342 e. The summed E-state index contributed by atoms with van der Waals surface area (Å²) in [6.45, 7) is 7.78. The third-order valence-electron chi connectivity index (χ3n) is 7.83. The molecule has 0 unspecified atom stereocenters. The van der Waals surface area contributed by atoms with Crippen molar-refractivity contribution in [3.63, 3.8) is 0 Å². The van der Waals surface area contributed by atoms with Gasteiger partial charge in [0.1, 0.15) is 28.8 Å². The van der Waals surface area contributed by atoms with Crippen molar-refractivity contribution in [2.45, 2.75) is 58.7 Å². The Kier molecular flexibility index (Phi) is 4.84. The zero-order chi connectivity index (χ0) is 22.2. The number of aromatic hydroxyl groups is 2. The van der Waals surface area contributed by atoms with Crippen molar-refractivity contribution >= 4 is 21.9 Å². The lowest BCUT2D eigenvalue weighted by Crippen LogP contribution is -2.73. The van der Waals surface area contributed by atoms with E-state index in [1.54, 1.807) is 6.92 Å². The summed E-state index contributed by atoms with van der Waals surface area (Å²) < 4.78 is 6.00. The number of esters is 1. The van der Waals surface area contributed by atoms with Crippen molar-refractivity contribution in [3.05, 3.63) is 33.3 Å². The first kappa shape index (κ1) is 21.7. The highest BCUT2D eigenvalue weighted by atomic mass is 79.9. The van der Waals surface area contributed by atoms with E-state index in [1.165, 1.54) is 0 Å². The molecule has 3 aliphatic carbocycles. The molecular weight excluding hydrogens is 452 g/mol. The number of phenolic OH excluding ortho intramolecular Hbond substituents is 2. The largest absolute Gasteiger partial charge is 0.507 e. The van der Waals surface area contributed by atoms with Crippen molar-refractivity contribution in [1.82, 2.24) is 0 Å². The number of ether oxygens (including phenoxy) is 1. The first-order valence-corrected chi connectivity index (χ1v) is 11.1. The molecule has 0 amide bonds. The minimum atomic E-state index is -1.43. The number of rotatable bonds is 3. The van der Waals surface area contributed by atoms with Gasteiger partial charge in [-0.1, -0.05) is 26.8 Å². The Hall–Kier alpha value is -1.57. The molecule has 0 aliphatic heterocycles. The average Bonchev–Trinajstić information content (AvgIpc) is 2.97. The predicted octanol–water partition coefficient (Wildman–Crippen LogP) is 3.82. The van der Waals surface area contributed by atoms with Gasteiger partial charge in [0.05, 0.1) is 11.1 Å². The average molecular weight is 481 g/mol. The minimum Gasteiger partial charge on any atom is -0.507 e. The van der Waals surface area contributed by atoms with Crippen LogP contribution in [-0.2, 0) is 4.74 Å². The molecule has 2 fully saturated rings. The second kappa shape index (κ2) is 6.71. The molecule has 7 heteroatoms. The second-order valence-corrected chi connectivity index (χ2v) is 11.0. The monoisotopic (exact) mass is 480 g/mol. The van der Waals surface area contributed by atoms with Crippen LogP contribution in [0.4, 0.5) is 0 Å². The van der Waals surface area contributed by atoms with E-state index in [9.17, 15) is 25.2 Å². The van der Waals surface area contributed by atoms with Gasteiger partial charge in [-0.3, -0.25) is 0 Å². The number of aliphatic hydroxyl groups is 2. The van der Waals surface area contributed by atoms with E-state index in [4.69, 9.17) is 4.74 Å². The molecule has 5 atom stereocenters. The SMILES string of the molecule is Cc1c(Br)c(O)cc(O)c1C(=O)O[C@@H]1C[C@]2(C)[C@H]3CC(C)(C)C[C@H]3C=C(CO)[C@]12O. The molecule has 30 heavy (non-hydrogen) atoms. The molecule has 1 aromatic carbocycles. The summed E-state index contributed by atoms with van der Waals surface area (Å²) in [6, 6.07) is 1.08. The smallest absolute Gasteiger partial charge is 0.342 e. The quantitative estimate of drug-likeness (QED) is 0.386. The number of hydrogen-bond acceptors (Lipinski definition) is 6. The number of benzene rings is 1. The van der Waals surface area contributed by atoms with Crippen LogP contribution in [0.15, 0.2) is 22.2 Å². The molecule has 0 saturated heterocycles. The van der Waals surface area contributed by atoms with E-state index < -0.39 is 23.1 Å². The molecule has 4 rings (SSSR count). The van der Waals surface area contributed by atoms with E-state index >= 15 is 0 Å². The fraction of sp³-hybridized carbons (Fsp3) is 0.609. The van der Waals surface area contributed by atoms with Crippen LogP contribution in [0.1, 0.15) is 56.0 Å². The van der Waals surface area contributed by atoms with Gasteiger partial charge in [0, 0.05) is 11.5 Å². The zero-order valence-corrected chi connectivity index (χ0v) is 19.3. The lowest BCUT2D eigenvalue weighted by Gasteiger charge is -2.65. The van der Waals surface area contributed by atoms with Gasteiger partial charge in [-0.05, 0) is 70.5 Å². The third-order valence-corrected chi connectivity index (χ3v) is 8.83. The highest BCUT2D eigenvalue weighted by molar-refractivity contribution is 9.10. The number of hydrogen-bond donors (Lipinski definition) is 4. The molecule has 0 spiro atoms. The van der Waals surface area contributed by atoms with Crippen LogP contribution in [0.25, 0.3) is 0 Å². The highest BCUT2D eigenvalue weighted by Gasteiger charge is 2.72. The normalized spacial score (nSPS) is 36.4. The fourth-order valence-corrected chi connectivity index (χ4v) is 6.62. The maximum atomic E-state index is 12.9. The van der Waals surface area contributed by atoms with Gasteiger partial charge < -0.3 is 25.2 Å². The van der Waals surface area contributed by atoms with Crippen molar-refractivity contribution in [2.75, 3.05) is 6.61 Å². The van der Waals surface area contributed by atoms with Gasteiger partial charge >= 0.3 is 5.97 Å². The molecular formula is C23H29BrO6. The zero-order valence-electron chi connectivity index (χ0n) is 17.7. The molecule has 3 aliphatic rings. The number of carbonyl (C=O) groups is 1. The van der Waals surface area contributed by atoms with Gasteiger partial charge in [0.25, 0.3) is 0 Å². The lowest BCUT2D eigenvalue weighted by atomic mass is 9.44. The molecule has 0 bridgehead atoms. The van der Waals surface area contributed by atoms with E-state index in [0.29, 0.717) is 27.9 Å². The van der Waals surface area contributed by atoms with Crippen LogP contribution >= 0.6 is 15.9 Å². The lowest BCUT2D eigenvalue weighted by molar-refractivity contribution is -0.250. The standard InChI is InChI=1S/C23H29BrO6/c1-11-18(15(26)6-16(27)19(11)24)20(28)30-17-9-22(4)14-8-21(2,3)7-12(14)5-13(10-25)23(17,22)29/h5-6,12,14,17,25-27,29H,7-10H2,1-4H3/t12-,14+,17-,22-,23+/m1/s1. The van der Waals surface area contributed by atoms with E-state index in [0.717, 1.165) is 18.9 Å². The molecule has 0 aromatic heterocycles. The Morgan fingerprint density at radius 2 is 1.87 bits per heavy atom. The Balaban J connectivity index is 1.66. The van der Waals surface area contributed by atoms with Crippen LogP contribution in [0.3, 0.4) is 0 Å². The topological polar surface area (TPSA) is 107 Å². The van der Waals surface area contributed by atoms with E-state index in [2.05, 4.69) is 29.8 Å². The predicted molar refractivity (Wildman–Crippen MR) is 114 cm³/mol. The molecule has 6 nitrogen and oxygen atoms in total. The number of fused-ring (bicyclic) bond motifs is 3. The summed E-state index contributed by atoms with van der Waals surface area (Å²) in [5, 5.41) is 41.8. The van der Waals surface area contributed by atoms with Crippen LogP contribution < -0.4 is 0 Å². The minimum absolute atomic E-state index is 0.0536. The third kappa shape index (κ3) is 2.78. The Morgan fingerprint density at radius 3 is 2.50 bits per heavy atom. The van der Waals surface area contributed by atoms with Crippen LogP contribution in [0, 0.1) is 29.6 Å². The summed E-state index contributed by atoms with van der Waals surface area (Å²) in [6.07, 6.45) is 3.64. The van der Waals surface area contributed by atoms with Crippen LogP contribution in [0.5, 0.6) is 11.5 Å². The number of halogens is 1. The highest BCUT2D eigenvalue weighted by Crippen LogP contribution is 2.68. The molecule has 4 N–H and O–H groups in total. The first-order chi connectivity index (χ1) is 13.9. The molecule has 1 aromatic rings. The Morgan fingerprint density at radius 1 is 1.20 bits per heavy atom. The number of allylic oxidation sites excluding steroid dienone is 1. The number of phenols is 2.